The van der Waals surface area contributed by atoms with E-state index in [1.54, 1.807) is 24.3 Å². The van der Waals surface area contributed by atoms with Crippen LogP contribution in [0.3, 0.4) is 0 Å². The van der Waals surface area contributed by atoms with Crippen LogP contribution in [0.2, 0.25) is 0 Å². The van der Waals surface area contributed by atoms with Crippen LogP contribution in [0.15, 0.2) is 30.6 Å². The van der Waals surface area contributed by atoms with E-state index >= 15 is 0 Å². The summed E-state index contributed by atoms with van der Waals surface area (Å²) >= 11 is 0. The number of tetrazole rings is 1. The van der Waals surface area contributed by atoms with Gasteiger partial charge in [0.1, 0.15) is 6.33 Å². The Kier molecular flexibility index (Phi) is 3.28. The summed E-state index contributed by atoms with van der Waals surface area (Å²) in [5, 5.41) is 10.8. The molecule has 1 heterocycles. The summed E-state index contributed by atoms with van der Waals surface area (Å²) in [4.78, 5) is 11.0. The van der Waals surface area contributed by atoms with E-state index in [2.05, 4.69) is 15.5 Å². The molecule has 2 aromatic rings. The van der Waals surface area contributed by atoms with Gasteiger partial charge in [-0.15, -0.1) is 5.10 Å². The maximum absolute atomic E-state index is 11.0. The van der Waals surface area contributed by atoms with Crippen LogP contribution < -0.4 is 0 Å². The first kappa shape index (κ1) is 11.0. The van der Waals surface area contributed by atoms with Gasteiger partial charge in [0.15, 0.2) is 5.78 Å². The van der Waals surface area contributed by atoms with Crippen LogP contribution in [-0.4, -0.2) is 26.0 Å². The summed E-state index contributed by atoms with van der Waals surface area (Å²) in [5.41, 5.74) is 1.52. The molecular weight excluding hydrogens is 192 g/mol. The van der Waals surface area contributed by atoms with Crippen molar-refractivity contribution in [2.45, 2.75) is 14.4 Å². The van der Waals surface area contributed by atoms with Gasteiger partial charge < -0.3 is 0 Å². The molecule has 0 aliphatic heterocycles. The normalized spacial score (nSPS) is 9.40. The predicted octanol–water partition coefficient (Wildman–Crippen LogP) is 1.50. The minimum absolute atomic E-state index is 0. The molecule has 5 heteroatoms. The number of nitrogens with zero attached hydrogens (tertiary/aromatic N) is 4. The van der Waals surface area contributed by atoms with Crippen molar-refractivity contribution in [3.05, 3.63) is 36.2 Å². The predicted molar refractivity (Wildman–Crippen MR) is 55.9 cm³/mol. The van der Waals surface area contributed by atoms with E-state index in [0.29, 0.717) is 5.56 Å². The van der Waals surface area contributed by atoms with Crippen molar-refractivity contribution in [2.24, 2.45) is 0 Å². The number of carbonyl (C=O) groups is 1. The van der Waals surface area contributed by atoms with E-state index in [-0.39, 0.29) is 13.2 Å². The number of hydrogen-bond donors (Lipinski definition) is 0. The van der Waals surface area contributed by atoms with Gasteiger partial charge in [-0.1, -0.05) is 7.43 Å². The topological polar surface area (TPSA) is 60.7 Å². The second-order valence-corrected chi connectivity index (χ2v) is 2.86. The highest BCUT2D eigenvalue weighted by Gasteiger charge is 2.00. The molecule has 0 amide bonds. The van der Waals surface area contributed by atoms with E-state index in [9.17, 15) is 4.79 Å². The van der Waals surface area contributed by atoms with Crippen molar-refractivity contribution < 1.29 is 4.79 Å². The zero-order chi connectivity index (χ0) is 9.97. The minimum atomic E-state index is 0. The average Bonchev–Trinajstić information content (AvgIpc) is 2.71. The van der Waals surface area contributed by atoms with Crippen molar-refractivity contribution in [2.75, 3.05) is 0 Å². The monoisotopic (exact) mass is 204 g/mol. The number of Topliss-reactive ketones (excluding diaryl/α,β-unsaturated/α-hetero) is 1. The molecule has 0 bridgehead atoms. The molecule has 78 valence electrons. The van der Waals surface area contributed by atoms with E-state index in [4.69, 9.17) is 0 Å². The van der Waals surface area contributed by atoms with Crippen molar-refractivity contribution >= 4 is 5.78 Å². The first-order valence-corrected chi connectivity index (χ1v) is 4.12. The highest BCUT2D eigenvalue weighted by Crippen LogP contribution is 2.07. The fourth-order valence-corrected chi connectivity index (χ4v) is 1.13. The van der Waals surface area contributed by atoms with E-state index in [1.807, 2.05) is 0 Å². The Bertz CT molecular complexity index is 433. The van der Waals surface area contributed by atoms with Crippen LogP contribution in [0.4, 0.5) is 0 Å². The third kappa shape index (κ3) is 2.25. The maximum Gasteiger partial charge on any atom is 0.159 e. The Balaban J connectivity index is 0.00000112. The van der Waals surface area contributed by atoms with Gasteiger partial charge in [0, 0.05) is 5.56 Å². The Morgan fingerprint density at radius 2 is 1.93 bits per heavy atom. The van der Waals surface area contributed by atoms with Gasteiger partial charge >= 0.3 is 0 Å². The molecule has 0 unspecified atom stereocenters. The molecule has 0 radical (unpaired) electrons. The van der Waals surface area contributed by atoms with Crippen molar-refractivity contribution in [3.8, 4) is 5.69 Å². The summed E-state index contributed by atoms with van der Waals surface area (Å²) in [6.07, 6.45) is 1.50. The van der Waals surface area contributed by atoms with Crippen LogP contribution in [-0.2, 0) is 0 Å². The molecule has 0 N–H and O–H groups in total. The third-order valence-corrected chi connectivity index (χ3v) is 1.89. The minimum Gasteiger partial charge on any atom is -0.295 e. The number of carbonyl (C=O) groups excluding carboxylic acids is 1. The molecule has 1 aromatic carbocycles. The molecule has 0 aliphatic rings. The average molecular weight is 204 g/mol. The lowest BCUT2D eigenvalue weighted by Crippen LogP contribution is -1.97. The Morgan fingerprint density at radius 3 is 2.40 bits per heavy atom. The molecular formula is C10H12N4O. The highest BCUT2D eigenvalue weighted by atomic mass is 16.1. The number of rotatable bonds is 2. The molecule has 15 heavy (non-hydrogen) atoms. The Hall–Kier alpha value is -2.04. The largest absolute Gasteiger partial charge is 0.295 e. The van der Waals surface area contributed by atoms with Crippen LogP contribution in [0.5, 0.6) is 0 Å². The zero-order valence-electron chi connectivity index (χ0n) is 7.58. The fraction of sp³-hybridized carbons (Fsp3) is 0.200. The van der Waals surface area contributed by atoms with Crippen LogP contribution >= 0.6 is 0 Å². The quantitative estimate of drug-likeness (QED) is 0.695. The molecule has 0 saturated heterocycles. The van der Waals surface area contributed by atoms with Crippen LogP contribution in [0, 0.1) is 0 Å². The summed E-state index contributed by atoms with van der Waals surface area (Å²) in [6.45, 7) is 1.53. The molecule has 0 aliphatic carbocycles. The molecule has 2 rings (SSSR count). The third-order valence-electron chi connectivity index (χ3n) is 1.89. The van der Waals surface area contributed by atoms with Crippen LogP contribution in [0.25, 0.3) is 5.69 Å². The summed E-state index contributed by atoms with van der Waals surface area (Å²) in [7, 11) is 0. The molecule has 5 nitrogen and oxygen atoms in total. The van der Waals surface area contributed by atoms with Gasteiger partial charge in [-0.3, -0.25) is 4.79 Å². The van der Waals surface area contributed by atoms with Gasteiger partial charge in [-0.2, -0.15) is 0 Å². The van der Waals surface area contributed by atoms with Gasteiger partial charge in [0.2, 0.25) is 0 Å². The number of hydrogen-bond acceptors (Lipinski definition) is 4. The molecule has 0 saturated carbocycles. The Labute approximate surface area is 87.7 Å². The van der Waals surface area contributed by atoms with Gasteiger partial charge in [0.05, 0.1) is 5.69 Å². The van der Waals surface area contributed by atoms with Gasteiger partial charge in [-0.05, 0) is 41.6 Å². The van der Waals surface area contributed by atoms with Gasteiger partial charge in [0.25, 0.3) is 0 Å². The second-order valence-electron chi connectivity index (χ2n) is 2.86. The van der Waals surface area contributed by atoms with Crippen LogP contribution in [0.1, 0.15) is 24.7 Å². The van der Waals surface area contributed by atoms with Gasteiger partial charge in [-0.25, -0.2) is 4.68 Å². The van der Waals surface area contributed by atoms with E-state index in [0.717, 1.165) is 5.69 Å². The first-order chi connectivity index (χ1) is 6.77. The summed E-state index contributed by atoms with van der Waals surface area (Å²) in [5.74, 6) is 0.0493. The first-order valence-electron chi connectivity index (χ1n) is 4.12. The summed E-state index contributed by atoms with van der Waals surface area (Å²) < 4.78 is 1.53. The zero-order valence-corrected chi connectivity index (χ0v) is 7.58. The molecule has 0 spiro atoms. The maximum atomic E-state index is 11.0. The lowest BCUT2D eigenvalue weighted by molar-refractivity contribution is 0.101. The van der Waals surface area contributed by atoms with E-state index < -0.39 is 0 Å². The number of ketones is 1. The van der Waals surface area contributed by atoms with Crippen molar-refractivity contribution in [3.63, 3.8) is 0 Å². The smallest absolute Gasteiger partial charge is 0.159 e. The van der Waals surface area contributed by atoms with Crippen molar-refractivity contribution in [1.29, 1.82) is 0 Å². The highest BCUT2D eigenvalue weighted by molar-refractivity contribution is 5.94. The fourth-order valence-electron chi connectivity index (χ4n) is 1.13. The SMILES string of the molecule is C.CC(=O)c1ccc(-n2cnnn2)cc1. The molecule has 1 aromatic heterocycles. The van der Waals surface area contributed by atoms with Crippen molar-refractivity contribution in [1.82, 2.24) is 20.2 Å². The lowest BCUT2D eigenvalue weighted by Gasteiger charge is -1.99. The second kappa shape index (κ2) is 4.45. The molecule has 0 atom stereocenters. The Morgan fingerprint density at radius 1 is 1.27 bits per heavy atom. The van der Waals surface area contributed by atoms with E-state index in [1.165, 1.54) is 17.9 Å². The number of aromatic nitrogens is 4. The standard InChI is InChI=1S/C9H8N4O.CH4/c1-7(14)8-2-4-9(5-3-8)13-6-10-11-12-13;/h2-6H,1H3;1H4. The summed E-state index contributed by atoms with van der Waals surface area (Å²) in [6, 6.07) is 7.10. The molecule has 0 fully saturated rings. The number of benzene rings is 1. The lowest BCUT2D eigenvalue weighted by atomic mass is 10.1.